The zero-order valence-electron chi connectivity index (χ0n) is 16.5. The van der Waals surface area contributed by atoms with E-state index in [-0.39, 0.29) is 17.4 Å². The highest BCUT2D eigenvalue weighted by Gasteiger charge is 2.29. The highest BCUT2D eigenvalue weighted by molar-refractivity contribution is 6.31. The number of amides is 2. The van der Waals surface area contributed by atoms with Crippen LogP contribution < -0.4 is 10.7 Å². The van der Waals surface area contributed by atoms with Crippen LogP contribution in [-0.4, -0.2) is 23.1 Å². The first-order chi connectivity index (χ1) is 13.2. The van der Waals surface area contributed by atoms with Crippen molar-refractivity contribution in [2.24, 2.45) is 5.10 Å². The number of benzene rings is 1. The summed E-state index contributed by atoms with van der Waals surface area (Å²) in [6.45, 7) is 7.60. The third-order valence-corrected chi connectivity index (χ3v) is 4.63. The highest BCUT2D eigenvalue weighted by atomic mass is 35.5. The number of carbonyl (C=O) groups is 2. The maximum absolute atomic E-state index is 12.6. The molecule has 7 heteroatoms. The largest absolute Gasteiger partial charge is 0.455 e. The van der Waals surface area contributed by atoms with E-state index in [1.165, 1.54) is 0 Å². The Morgan fingerprint density at radius 3 is 2.61 bits per heavy atom. The molecule has 1 aliphatic rings. The molecule has 2 amide bonds. The molecule has 1 aromatic heterocycles. The van der Waals surface area contributed by atoms with Crippen molar-refractivity contribution in [3.05, 3.63) is 57.5 Å². The SMILES string of the molecule is Cc1c(C(=O)NC(C)(C)C)oc2c1/C(=N/NC(=O)c1cccc(Cl)c1)CCC2. The molecule has 0 radical (unpaired) electrons. The number of nitrogens with one attached hydrogen (secondary N) is 2. The van der Waals surface area contributed by atoms with E-state index in [1.54, 1.807) is 24.3 Å². The van der Waals surface area contributed by atoms with Crippen molar-refractivity contribution in [2.45, 2.75) is 52.5 Å². The van der Waals surface area contributed by atoms with Crippen LogP contribution in [0.15, 0.2) is 33.8 Å². The number of aryl methyl sites for hydroxylation is 1. The number of carbonyl (C=O) groups excluding carboxylic acids is 2. The standard InChI is InChI=1S/C21H24ClN3O3/c1-12-17-15(24-25-19(26)13-7-5-8-14(22)11-13)9-6-10-16(17)28-18(12)20(27)23-21(2,3)4/h5,7-8,11H,6,9-10H2,1-4H3,(H,23,27)(H,25,26)/b24-15+. The van der Waals surface area contributed by atoms with Gasteiger partial charge in [0.25, 0.3) is 11.8 Å². The van der Waals surface area contributed by atoms with E-state index in [4.69, 9.17) is 16.0 Å². The van der Waals surface area contributed by atoms with E-state index in [0.717, 1.165) is 29.7 Å². The highest BCUT2D eigenvalue weighted by Crippen LogP contribution is 2.30. The minimum absolute atomic E-state index is 0.248. The van der Waals surface area contributed by atoms with E-state index in [1.807, 2.05) is 27.7 Å². The fourth-order valence-corrected chi connectivity index (χ4v) is 3.40. The number of nitrogens with zero attached hydrogens (tertiary/aromatic N) is 1. The first-order valence-electron chi connectivity index (χ1n) is 9.23. The fourth-order valence-electron chi connectivity index (χ4n) is 3.21. The van der Waals surface area contributed by atoms with Crippen molar-refractivity contribution >= 4 is 29.1 Å². The molecule has 3 rings (SSSR count). The Morgan fingerprint density at radius 1 is 1.18 bits per heavy atom. The van der Waals surface area contributed by atoms with E-state index in [9.17, 15) is 9.59 Å². The van der Waals surface area contributed by atoms with Crippen molar-refractivity contribution in [3.8, 4) is 0 Å². The Labute approximate surface area is 169 Å². The van der Waals surface area contributed by atoms with Crippen LogP contribution in [0.3, 0.4) is 0 Å². The van der Waals surface area contributed by atoms with Crippen LogP contribution in [0, 0.1) is 6.92 Å². The molecule has 1 aliphatic carbocycles. The molecule has 0 spiro atoms. The van der Waals surface area contributed by atoms with Gasteiger partial charge in [-0.25, -0.2) is 5.43 Å². The van der Waals surface area contributed by atoms with Crippen LogP contribution >= 0.6 is 11.6 Å². The lowest BCUT2D eigenvalue weighted by Gasteiger charge is -2.19. The molecule has 0 aliphatic heterocycles. The van der Waals surface area contributed by atoms with Crippen LogP contribution in [-0.2, 0) is 6.42 Å². The summed E-state index contributed by atoms with van der Waals surface area (Å²) in [6.07, 6.45) is 2.27. The second-order valence-corrected chi connectivity index (χ2v) is 8.36. The van der Waals surface area contributed by atoms with Crippen LogP contribution in [0.5, 0.6) is 0 Å². The number of hydrazone groups is 1. The monoisotopic (exact) mass is 401 g/mol. The molecule has 2 N–H and O–H groups in total. The first-order valence-corrected chi connectivity index (χ1v) is 9.61. The molecule has 0 saturated heterocycles. The van der Waals surface area contributed by atoms with E-state index < -0.39 is 0 Å². The molecule has 1 aromatic carbocycles. The lowest BCUT2D eigenvalue weighted by Crippen LogP contribution is -2.40. The van der Waals surface area contributed by atoms with Crippen molar-refractivity contribution in [3.63, 3.8) is 0 Å². The second-order valence-electron chi connectivity index (χ2n) is 7.92. The van der Waals surface area contributed by atoms with E-state index >= 15 is 0 Å². The van der Waals surface area contributed by atoms with Gasteiger partial charge in [-0.3, -0.25) is 9.59 Å². The molecule has 0 atom stereocenters. The minimum atomic E-state index is -0.362. The average molecular weight is 402 g/mol. The van der Waals surface area contributed by atoms with Crippen molar-refractivity contribution < 1.29 is 14.0 Å². The molecule has 2 aromatic rings. The summed E-state index contributed by atoms with van der Waals surface area (Å²) in [5.74, 6) is 0.449. The molecule has 0 unspecified atom stereocenters. The van der Waals surface area contributed by atoms with Gasteiger partial charge in [-0.1, -0.05) is 17.7 Å². The average Bonchev–Trinajstić information content (AvgIpc) is 2.96. The van der Waals surface area contributed by atoms with Gasteiger partial charge >= 0.3 is 0 Å². The smallest absolute Gasteiger partial charge is 0.287 e. The van der Waals surface area contributed by atoms with Gasteiger partial charge in [0.2, 0.25) is 0 Å². The zero-order valence-corrected chi connectivity index (χ0v) is 17.2. The summed E-state index contributed by atoms with van der Waals surface area (Å²) in [5.41, 5.74) is 4.93. The minimum Gasteiger partial charge on any atom is -0.455 e. The summed E-state index contributed by atoms with van der Waals surface area (Å²) in [7, 11) is 0. The van der Waals surface area contributed by atoms with Crippen LogP contribution in [0.2, 0.25) is 5.02 Å². The predicted octanol–water partition coefficient (Wildman–Crippen LogP) is 4.24. The van der Waals surface area contributed by atoms with Gasteiger partial charge in [-0.05, 0) is 58.7 Å². The molecule has 6 nitrogen and oxygen atoms in total. The van der Waals surface area contributed by atoms with E-state index in [0.29, 0.717) is 28.5 Å². The first kappa shape index (κ1) is 20.1. The predicted molar refractivity (Wildman–Crippen MR) is 109 cm³/mol. The van der Waals surface area contributed by atoms with Gasteiger partial charge in [0, 0.05) is 33.7 Å². The molecular weight excluding hydrogens is 378 g/mol. The van der Waals surface area contributed by atoms with Crippen molar-refractivity contribution in [1.82, 2.24) is 10.7 Å². The Morgan fingerprint density at radius 2 is 1.93 bits per heavy atom. The topological polar surface area (TPSA) is 83.7 Å². The number of halogens is 1. The van der Waals surface area contributed by atoms with Gasteiger partial charge < -0.3 is 9.73 Å². The van der Waals surface area contributed by atoms with Gasteiger partial charge in [0.1, 0.15) is 5.76 Å². The van der Waals surface area contributed by atoms with Crippen LogP contribution in [0.1, 0.15) is 71.4 Å². The Bertz CT molecular complexity index is 954. The summed E-state index contributed by atoms with van der Waals surface area (Å²) >= 11 is 5.94. The molecule has 1 heterocycles. The molecule has 148 valence electrons. The third-order valence-electron chi connectivity index (χ3n) is 4.40. The summed E-state index contributed by atoms with van der Waals surface area (Å²) in [5, 5.41) is 7.73. The lowest BCUT2D eigenvalue weighted by molar-refractivity contribution is 0.0887. The maximum atomic E-state index is 12.6. The normalized spacial score (nSPS) is 15.2. The van der Waals surface area contributed by atoms with Crippen molar-refractivity contribution in [2.75, 3.05) is 0 Å². The third kappa shape index (κ3) is 4.44. The van der Waals surface area contributed by atoms with Gasteiger partial charge in [0.15, 0.2) is 5.76 Å². The number of hydrogen-bond donors (Lipinski definition) is 2. The van der Waals surface area contributed by atoms with Gasteiger partial charge in [-0.15, -0.1) is 0 Å². The quantitative estimate of drug-likeness (QED) is 0.754. The summed E-state index contributed by atoms with van der Waals surface area (Å²) < 4.78 is 5.86. The molecular formula is C21H24ClN3O3. The van der Waals surface area contributed by atoms with Crippen LogP contribution in [0.25, 0.3) is 0 Å². The fraction of sp³-hybridized carbons (Fsp3) is 0.381. The molecule has 0 bridgehead atoms. The Hall–Kier alpha value is -2.60. The maximum Gasteiger partial charge on any atom is 0.287 e. The number of furan rings is 1. The molecule has 28 heavy (non-hydrogen) atoms. The number of rotatable bonds is 3. The zero-order chi connectivity index (χ0) is 20.5. The lowest BCUT2D eigenvalue weighted by atomic mass is 9.93. The summed E-state index contributed by atoms with van der Waals surface area (Å²) in [6, 6.07) is 6.67. The number of fused-ring (bicyclic) bond motifs is 1. The molecule has 0 saturated carbocycles. The number of hydrogen-bond acceptors (Lipinski definition) is 4. The van der Waals surface area contributed by atoms with Gasteiger partial charge in [0.05, 0.1) is 5.71 Å². The van der Waals surface area contributed by atoms with Gasteiger partial charge in [-0.2, -0.15) is 5.10 Å². The Kier molecular flexibility index (Phi) is 5.61. The molecule has 0 fully saturated rings. The van der Waals surface area contributed by atoms with E-state index in [2.05, 4.69) is 15.8 Å². The summed E-state index contributed by atoms with van der Waals surface area (Å²) in [4.78, 5) is 24.9. The second kappa shape index (κ2) is 7.80. The Balaban J connectivity index is 1.85. The van der Waals surface area contributed by atoms with Crippen LogP contribution in [0.4, 0.5) is 0 Å². The van der Waals surface area contributed by atoms with Crippen molar-refractivity contribution in [1.29, 1.82) is 0 Å².